The molecule has 1 amide bonds. The first-order valence-electron chi connectivity index (χ1n) is 7.68. The van der Waals surface area contributed by atoms with Crippen LogP contribution in [0.15, 0.2) is 0 Å². The molecular formula is C16H22ClNO4S. The highest BCUT2D eigenvalue weighted by molar-refractivity contribution is 7.17. The zero-order chi connectivity index (χ0) is 17.0. The van der Waals surface area contributed by atoms with Crippen LogP contribution in [-0.4, -0.2) is 31.0 Å². The highest BCUT2D eigenvalue weighted by Crippen LogP contribution is 2.39. The van der Waals surface area contributed by atoms with E-state index >= 15 is 0 Å². The van der Waals surface area contributed by atoms with Crippen molar-refractivity contribution in [3.63, 3.8) is 0 Å². The number of fused-ring (bicyclic) bond motifs is 1. The number of amides is 1. The zero-order valence-corrected chi connectivity index (χ0v) is 15.2. The summed E-state index contributed by atoms with van der Waals surface area (Å²) in [6.45, 7) is 4.65. The van der Waals surface area contributed by atoms with Gasteiger partial charge in [0.25, 0.3) is 0 Å². The van der Waals surface area contributed by atoms with Gasteiger partial charge in [0, 0.05) is 23.6 Å². The maximum absolute atomic E-state index is 12.2. The molecule has 0 radical (unpaired) electrons. The van der Waals surface area contributed by atoms with E-state index < -0.39 is 5.97 Å². The molecule has 1 N–H and O–H groups in total. The molecule has 0 spiro atoms. The van der Waals surface area contributed by atoms with Crippen LogP contribution in [-0.2, 0) is 27.3 Å². The normalized spacial score (nSPS) is 17.0. The quantitative estimate of drug-likeness (QED) is 0.622. The van der Waals surface area contributed by atoms with E-state index in [4.69, 9.17) is 21.1 Å². The summed E-state index contributed by atoms with van der Waals surface area (Å²) in [5, 5.41) is 3.38. The Morgan fingerprint density at radius 1 is 1.48 bits per heavy atom. The second-order valence-corrected chi connectivity index (χ2v) is 7.32. The lowest BCUT2D eigenvalue weighted by atomic mass is 9.94. The van der Waals surface area contributed by atoms with Gasteiger partial charge in [-0.05, 0) is 17.9 Å². The molecule has 1 aliphatic rings. The summed E-state index contributed by atoms with van der Waals surface area (Å²) in [6, 6.07) is 0. The van der Waals surface area contributed by atoms with Crippen LogP contribution in [0.3, 0.4) is 0 Å². The van der Waals surface area contributed by atoms with E-state index in [2.05, 4.69) is 19.2 Å². The van der Waals surface area contributed by atoms with Crippen molar-refractivity contribution in [3.8, 4) is 0 Å². The Kier molecular flexibility index (Phi) is 6.44. The second-order valence-electron chi connectivity index (χ2n) is 5.84. The molecule has 1 atom stereocenters. The number of hydrogen-bond acceptors (Lipinski definition) is 5. The molecule has 0 saturated heterocycles. The van der Waals surface area contributed by atoms with Crippen LogP contribution in [0.4, 0.5) is 5.00 Å². The molecule has 5 nitrogen and oxygen atoms in total. The Balaban J connectivity index is 2.29. The molecule has 0 aromatic carbocycles. The van der Waals surface area contributed by atoms with E-state index in [-0.39, 0.29) is 12.0 Å². The number of halogens is 1. The molecular weight excluding hydrogens is 338 g/mol. The average Bonchev–Trinajstić information content (AvgIpc) is 2.88. The summed E-state index contributed by atoms with van der Waals surface area (Å²) < 4.78 is 10.8. The predicted octanol–water partition coefficient (Wildman–Crippen LogP) is 3.59. The minimum atomic E-state index is -0.417. The third-order valence-corrected chi connectivity index (χ3v) is 5.24. The number of methoxy groups -OCH3 is 1. The van der Waals surface area contributed by atoms with E-state index in [1.807, 2.05) is 0 Å². The van der Waals surface area contributed by atoms with Crippen molar-refractivity contribution in [1.82, 2.24) is 0 Å². The van der Waals surface area contributed by atoms with Gasteiger partial charge in [-0.1, -0.05) is 13.8 Å². The van der Waals surface area contributed by atoms with Crippen LogP contribution in [0.25, 0.3) is 0 Å². The Bertz CT molecular complexity index is 585. The first-order valence-corrected chi connectivity index (χ1v) is 9.03. The van der Waals surface area contributed by atoms with Crippen molar-refractivity contribution in [2.75, 3.05) is 18.3 Å². The average molecular weight is 360 g/mol. The number of nitrogens with one attached hydrogen (secondary N) is 1. The standard InChI is InChI=1S/C16H22ClNO4S/c1-9(2)11-7-10-12(8-22-11)23-15(14(10)16(20)21-3)18-13(19)5-4-6-17/h9,11H,4-8H2,1-3H3,(H,18,19)/t11-/m1/s1. The number of ether oxygens (including phenoxy) is 2. The molecule has 7 heteroatoms. The maximum Gasteiger partial charge on any atom is 0.341 e. The number of anilines is 1. The van der Waals surface area contributed by atoms with Crippen LogP contribution in [0.2, 0.25) is 0 Å². The van der Waals surface area contributed by atoms with Gasteiger partial charge >= 0.3 is 5.97 Å². The zero-order valence-electron chi connectivity index (χ0n) is 13.6. The second kappa shape index (κ2) is 8.13. The van der Waals surface area contributed by atoms with E-state index in [0.717, 1.165) is 10.4 Å². The first kappa shape index (κ1) is 18.2. The maximum atomic E-state index is 12.2. The van der Waals surface area contributed by atoms with Gasteiger partial charge in [-0.25, -0.2) is 4.79 Å². The fraction of sp³-hybridized carbons (Fsp3) is 0.625. The molecule has 0 fully saturated rings. The number of carbonyl (C=O) groups excluding carboxylic acids is 2. The lowest BCUT2D eigenvalue weighted by molar-refractivity contribution is -0.116. The molecule has 23 heavy (non-hydrogen) atoms. The minimum Gasteiger partial charge on any atom is -0.465 e. The molecule has 2 heterocycles. The number of carbonyl (C=O) groups is 2. The molecule has 0 bridgehead atoms. The number of rotatable bonds is 6. The Hall–Kier alpha value is -1.11. The number of alkyl halides is 1. The summed E-state index contributed by atoms with van der Waals surface area (Å²) in [5.41, 5.74) is 1.42. The third kappa shape index (κ3) is 4.25. The van der Waals surface area contributed by atoms with Crippen molar-refractivity contribution in [3.05, 3.63) is 16.0 Å². The summed E-state index contributed by atoms with van der Waals surface area (Å²) in [7, 11) is 1.35. The van der Waals surface area contributed by atoms with Gasteiger partial charge < -0.3 is 14.8 Å². The van der Waals surface area contributed by atoms with Crippen molar-refractivity contribution >= 4 is 39.8 Å². The predicted molar refractivity (Wildman–Crippen MR) is 91.4 cm³/mol. The molecule has 128 valence electrons. The van der Waals surface area contributed by atoms with Crippen molar-refractivity contribution in [1.29, 1.82) is 0 Å². The smallest absolute Gasteiger partial charge is 0.341 e. The number of hydrogen-bond donors (Lipinski definition) is 1. The molecule has 1 aromatic rings. The minimum absolute atomic E-state index is 0.0697. The van der Waals surface area contributed by atoms with E-state index in [9.17, 15) is 9.59 Å². The van der Waals surface area contributed by atoms with Crippen LogP contribution in [0, 0.1) is 5.92 Å². The van der Waals surface area contributed by atoms with Gasteiger partial charge in [-0.3, -0.25) is 4.79 Å². The first-order chi connectivity index (χ1) is 11.0. The van der Waals surface area contributed by atoms with Gasteiger partial charge in [0.1, 0.15) is 5.00 Å². The molecule has 0 aliphatic carbocycles. The Morgan fingerprint density at radius 2 is 2.22 bits per heavy atom. The molecule has 2 rings (SSSR count). The van der Waals surface area contributed by atoms with E-state index in [1.54, 1.807) is 0 Å². The molecule has 1 aliphatic heterocycles. The summed E-state index contributed by atoms with van der Waals surface area (Å²) in [4.78, 5) is 25.2. The van der Waals surface area contributed by atoms with Gasteiger partial charge in [-0.2, -0.15) is 0 Å². The van der Waals surface area contributed by atoms with Crippen LogP contribution < -0.4 is 5.32 Å². The lowest BCUT2D eigenvalue weighted by Gasteiger charge is -2.26. The summed E-state index contributed by atoms with van der Waals surface area (Å²) in [6.07, 6.45) is 1.66. The fourth-order valence-electron chi connectivity index (χ4n) is 2.54. The molecule has 0 saturated carbocycles. The summed E-state index contributed by atoms with van der Waals surface area (Å²) >= 11 is 7.00. The SMILES string of the molecule is COC(=O)c1c(NC(=O)CCCCl)sc2c1C[C@H](C(C)C)OC2. The van der Waals surface area contributed by atoms with E-state index in [1.165, 1.54) is 18.4 Å². The monoisotopic (exact) mass is 359 g/mol. The Labute approximate surface area is 145 Å². The van der Waals surface area contributed by atoms with Crippen LogP contribution in [0.1, 0.15) is 47.5 Å². The molecule has 0 unspecified atom stereocenters. The lowest BCUT2D eigenvalue weighted by Crippen LogP contribution is -2.27. The fourth-order valence-corrected chi connectivity index (χ4v) is 3.83. The number of esters is 1. The van der Waals surface area contributed by atoms with Crippen molar-refractivity contribution in [2.24, 2.45) is 5.92 Å². The van der Waals surface area contributed by atoms with E-state index in [0.29, 0.717) is 48.2 Å². The topological polar surface area (TPSA) is 64.6 Å². The van der Waals surface area contributed by atoms with Crippen LogP contribution in [0.5, 0.6) is 0 Å². The Morgan fingerprint density at radius 3 is 2.83 bits per heavy atom. The highest BCUT2D eigenvalue weighted by Gasteiger charge is 2.31. The van der Waals surface area contributed by atoms with Crippen LogP contribution >= 0.6 is 22.9 Å². The summed E-state index contributed by atoms with van der Waals surface area (Å²) in [5.74, 6) is 0.230. The van der Waals surface area contributed by atoms with Gasteiger partial charge in [-0.15, -0.1) is 22.9 Å². The molecule has 1 aromatic heterocycles. The highest BCUT2D eigenvalue weighted by atomic mass is 35.5. The van der Waals surface area contributed by atoms with Crippen molar-refractivity contribution in [2.45, 2.75) is 45.8 Å². The number of thiophene rings is 1. The van der Waals surface area contributed by atoms with Gasteiger partial charge in [0.2, 0.25) is 5.91 Å². The van der Waals surface area contributed by atoms with Crippen molar-refractivity contribution < 1.29 is 19.1 Å². The van der Waals surface area contributed by atoms with Gasteiger partial charge in [0.15, 0.2) is 0 Å². The largest absolute Gasteiger partial charge is 0.465 e. The third-order valence-electron chi connectivity index (χ3n) is 3.85. The van der Waals surface area contributed by atoms with Gasteiger partial charge in [0.05, 0.1) is 25.4 Å².